The van der Waals surface area contributed by atoms with Gasteiger partial charge in [-0.15, -0.1) is 0 Å². The molecule has 1 atom stereocenters. The standard InChI is InChI=1S/C16H17ClFNO/c1-11(12-6-8-13(17)9-7-12)19(2)16-5-3-4-15(18)14(16)10-20/h3-9,11,20H,10H2,1-2H3. The van der Waals surface area contributed by atoms with Crippen molar-refractivity contribution in [3.8, 4) is 0 Å². The first kappa shape index (κ1) is 14.8. The van der Waals surface area contributed by atoms with Crippen molar-refractivity contribution < 1.29 is 9.50 Å². The first-order valence-corrected chi connectivity index (χ1v) is 6.79. The van der Waals surface area contributed by atoms with Crippen LogP contribution in [0.1, 0.15) is 24.1 Å². The maximum Gasteiger partial charge on any atom is 0.130 e. The minimum Gasteiger partial charge on any atom is -0.391 e. The number of halogens is 2. The Labute approximate surface area is 123 Å². The summed E-state index contributed by atoms with van der Waals surface area (Å²) in [4.78, 5) is 1.94. The van der Waals surface area contributed by atoms with Crippen molar-refractivity contribution >= 4 is 17.3 Å². The molecule has 2 aromatic rings. The molecule has 1 N–H and O–H groups in total. The molecule has 2 aromatic carbocycles. The maximum atomic E-state index is 13.7. The SMILES string of the molecule is CC(c1ccc(Cl)cc1)N(C)c1cccc(F)c1CO. The highest BCUT2D eigenvalue weighted by Gasteiger charge is 2.17. The average Bonchev–Trinajstić information content (AvgIpc) is 2.46. The van der Waals surface area contributed by atoms with E-state index in [9.17, 15) is 9.50 Å². The minimum atomic E-state index is -0.389. The summed E-state index contributed by atoms with van der Waals surface area (Å²) < 4.78 is 13.7. The van der Waals surface area contributed by atoms with Crippen LogP contribution in [0.5, 0.6) is 0 Å². The topological polar surface area (TPSA) is 23.5 Å². The molecule has 0 saturated heterocycles. The molecule has 0 heterocycles. The minimum absolute atomic E-state index is 0.0411. The fourth-order valence-electron chi connectivity index (χ4n) is 2.21. The monoisotopic (exact) mass is 293 g/mol. The van der Waals surface area contributed by atoms with Crippen LogP contribution in [0.2, 0.25) is 5.02 Å². The lowest BCUT2D eigenvalue weighted by atomic mass is 10.1. The normalized spacial score (nSPS) is 12.2. The number of nitrogens with zero attached hydrogens (tertiary/aromatic N) is 1. The van der Waals surface area contributed by atoms with Gasteiger partial charge in [-0.3, -0.25) is 0 Å². The van der Waals surface area contributed by atoms with E-state index in [4.69, 9.17) is 11.6 Å². The van der Waals surface area contributed by atoms with Gasteiger partial charge < -0.3 is 10.0 Å². The molecular formula is C16H17ClFNO. The molecule has 20 heavy (non-hydrogen) atoms. The van der Waals surface area contributed by atoms with Crippen LogP contribution in [0.25, 0.3) is 0 Å². The number of hydrogen-bond donors (Lipinski definition) is 1. The number of hydrogen-bond acceptors (Lipinski definition) is 2. The van der Waals surface area contributed by atoms with Crippen LogP contribution in [0.3, 0.4) is 0 Å². The molecule has 2 nitrogen and oxygen atoms in total. The van der Waals surface area contributed by atoms with Crippen LogP contribution in [-0.4, -0.2) is 12.2 Å². The third kappa shape index (κ3) is 2.94. The highest BCUT2D eigenvalue weighted by atomic mass is 35.5. The lowest BCUT2D eigenvalue weighted by molar-refractivity contribution is 0.276. The first-order chi connectivity index (χ1) is 9.54. The van der Waals surface area contributed by atoms with Crippen molar-refractivity contribution in [2.45, 2.75) is 19.6 Å². The Hall–Kier alpha value is -1.58. The van der Waals surface area contributed by atoms with Crippen molar-refractivity contribution in [1.82, 2.24) is 0 Å². The summed E-state index contributed by atoms with van der Waals surface area (Å²) in [6.45, 7) is 1.70. The predicted octanol–water partition coefficient (Wildman–Crippen LogP) is 4.17. The number of aliphatic hydroxyl groups is 1. The van der Waals surface area contributed by atoms with Crippen LogP contribution in [0, 0.1) is 5.82 Å². The Morgan fingerprint density at radius 1 is 1.20 bits per heavy atom. The van der Waals surface area contributed by atoms with E-state index in [1.54, 1.807) is 12.1 Å². The fourth-order valence-corrected chi connectivity index (χ4v) is 2.33. The van der Waals surface area contributed by atoms with Crippen molar-refractivity contribution in [3.05, 3.63) is 64.4 Å². The van der Waals surface area contributed by atoms with Gasteiger partial charge in [0.2, 0.25) is 0 Å². The molecule has 1 unspecified atom stereocenters. The van der Waals surface area contributed by atoms with E-state index in [0.717, 1.165) is 5.56 Å². The van der Waals surface area contributed by atoms with Gasteiger partial charge in [0.05, 0.1) is 12.6 Å². The van der Waals surface area contributed by atoms with Crippen molar-refractivity contribution in [1.29, 1.82) is 0 Å². The number of anilines is 1. The first-order valence-electron chi connectivity index (χ1n) is 6.41. The Morgan fingerprint density at radius 3 is 2.45 bits per heavy atom. The lowest BCUT2D eigenvalue weighted by Gasteiger charge is -2.29. The Kier molecular flexibility index (Phi) is 4.63. The molecule has 0 aliphatic rings. The molecule has 0 saturated carbocycles. The second-order valence-electron chi connectivity index (χ2n) is 4.73. The quantitative estimate of drug-likeness (QED) is 0.914. The van der Waals surface area contributed by atoms with Crippen molar-refractivity contribution in [2.24, 2.45) is 0 Å². The van der Waals surface area contributed by atoms with E-state index < -0.39 is 0 Å². The molecule has 0 aliphatic carbocycles. The molecule has 4 heteroatoms. The van der Waals surface area contributed by atoms with E-state index >= 15 is 0 Å². The van der Waals surface area contributed by atoms with Gasteiger partial charge in [0.15, 0.2) is 0 Å². The molecule has 0 spiro atoms. The lowest BCUT2D eigenvalue weighted by Crippen LogP contribution is -2.23. The van der Waals surface area contributed by atoms with Crippen LogP contribution in [0.4, 0.5) is 10.1 Å². The summed E-state index contributed by atoms with van der Waals surface area (Å²) in [5, 5.41) is 10.0. The van der Waals surface area contributed by atoms with Crippen molar-refractivity contribution in [2.75, 3.05) is 11.9 Å². The third-order valence-corrected chi connectivity index (χ3v) is 3.82. The summed E-state index contributed by atoms with van der Waals surface area (Å²) in [5.74, 6) is -0.389. The molecule has 2 rings (SSSR count). The number of aliphatic hydroxyl groups excluding tert-OH is 1. The zero-order chi connectivity index (χ0) is 14.7. The molecule has 0 aliphatic heterocycles. The summed E-state index contributed by atoms with van der Waals surface area (Å²) in [5.41, 5.74) is 2.08. The van der Waals surface area contributed by atoms with E-state index in [1.807, 2.05) is 43.1 Å². The maximum absolute atomic E-state index is 13.7. The molecular weight excluding hydrogens is 277 g/mol. The molecule has 0 bridgehead atoms. The third-order valence-electron chi connectivity index (χ3n) is 3.57. The molecule has 106 valence electrons. The Morgan fingerprint density at radius 2 is 1.85 bits per heavy atom. The van der Waals surface area contributed by atoms with E-state index in [1.165, 1.54) is 6.07 Å². The van der Waals surface area contributed by atoms with Crippen LogP contribution >= 0.6 is 11.6 Å². The summed E-state index contributed by atoms with van der Waals surface area (Å²) >= 11 is 5.89. The zero-order valence-corrected chi connectivity index (χ0v) is 12.2. The second kappa shape index (κ2) is 6.25. The fraction of sp³-hybridized carbons (Fsp3) is 0.250. The second-order valence-corrected chi connectivity index (χ2v) is 5.17. The Bertz CT molecular complexity index is 586. The number of benzene rings is 2. The Balaban J connectivity index is 2.33. The van der Waals surface area contributed by atoms with Crippen molar-refractivity contribution in [3.63, 3.8) is 0 Å². The van der Waals surface area contributed by atoms with Crippen LogP contribution in [0.15, 0.2) is 42.5 Å². The van der Waals surface area contributed by atoms with E-state index in [0.29, 0.717) is 16.3 Å². The average molecular weight is 294 g/mol. The van der Waals surface area contributed by atoms with Gasteiger partial charge in [0.1, 0.15) is 5.82 Å². The van der Waals surface area contributed by atoms with Gasteiger partial charge in [-0.05, 0) is 36.8 Å². The molecule has 0 amide bonds. The largest absolute Gasteiger partial charge is 0.391 e. The molecule has 0 aromatic heterocycles. The van der Waals surface area contributed by atoms with E-state index in [-0.39, 0.29) is 18.5 Å². The highest BCUT2D eigenvalue weighted by molar-refractivity contribution is 6.30. The van der Waals surface area contributed by atoms with Gasteiger partial charge in [-0.1, -0.05) is 29.8 Å². The van der Waals surface area contributed by atoms with Gasteiger partial charge >= 0.3 is 0 Å². The van der Waals surface area contributed by atoms with E-state index in [2.05, 4.69) is 0 Å². The molecule has 0 radical (unpaired) electrons. The summed E-state index contributed by atoms with van der Waals surface area (Å²) in [7, 11) is 1.88. The van der Waals surface area contributed by atoms with Crippen LogP contribution < -0.4 is 4.90 Å². The highest BCUT2D eigenvalue weighted by Crippen LogP contribution is 2.30. The van der Waals surface area contributed by atoms with Gasteiger partial charge in [-0.2, -0.15) is 0 Å². The van der Waals surface area contributed by atoms with Gasteiger partial charge in [-0.25, -0.2) is 4.39 Å². The van der Waals surface area contributed by atoms with Gasteiger partial charge in [0, 0.05) is 23.3 Å². The smallest absolute Gasteiger partial charge is 0.130 e. The predicted molar refractivity (Wildman–Crippen MR) is 80.6 cm³/mol. The zero-order valence-electron chi connectivity index (χ0n) is 11.5. The summed E-state index contributed by atoms with van der Waals surface area (Å²) in [6.07, 6.45) is 0. The summed E-state index contributed by atoms with van der Waals surface area (Å²) in [6, 6.07) is 12.4. The molecule has 0 fully saturated rings. The van der Waals surface area contributed by atoms with Crippen LogP contribution in [-0.2, 0) is 6.61 Å². The van der Waals surface area contributed by atoms with Gasteiger partial charge in [0.25, 0.3) is 0 Å². The number of rotatable bonds is 4.